The first-order valence-corrected chi connectivity index (χ1v) is 6.33. The van der Waals surface area contributed by atoms with Gasteiger partial charge in [0.25, 0.3) is 0 Å². The lowest BCUT2D eigenvalue weighted by Gasteiger charge is -2.12. The summed E-state index contributed by atoms with van der Waals surface area (Å²) in [5.74, 6) is 2.47. The van der Waals surface area contributed by atoms with E-state index in [2.05, 4.69) is 15.5 Å². The van der Waals surface area contributed by atoms with E-state index in [9.17, 15) is 0 Å². The molecule has 1 aromatic carbocycles. The van der Waals surface area contributed by atoms with Crippen molar-refractivity contribution in [3.8, 4) is 5.75 Å². The number of aromatic nitrogens is 3. The lowest BCUT2D eigenvalue weighted by molar-refractivity contribution is 0.416. The number of hydrogen-bond donors (Lipinski definition) is 1. The highest BCUT2D eigenvalue weighted by Crippen LogP contribution is 2.31. The molecule has 1 aromatic heterocycles. The first kappa shape index (κ1) is 13.7. The van der Waals surface area contributed by atoms with Crippen molar-refractivity contribution in [2.75, 3.05) is 12.4 Å². The molecule has 0 radical (unpaired) electrons. The Morgan fingerprint density at radius 3 is 2.63 bits per heavy atom. The Hall–Kier alpha value is -1.75. The predicted molar refractivity (Wildman–Crippen MR) is 75.8 cm³/mol. The molecule has 5 nitrogen and oxygen atoms in total. The van der Waals surface area contributed by atoms with E-state index in [1.54, 1.807) is 13.2 Å². The average Bonchev–Trinajstić information content (AvgIpc) is 2.71. The molecule has 1 heterocycles. The van der Waals surface area contributed by atoms with Crippen molar-refractivity contribution in [2.24, 2.45) is 7.05 Å². The summed E-state index contributed by atoms with van der Waals surface area (Å²) in [6, 6.07) is 3.77. The Bertz CT molecular complexity index is 595. The number of benzene rings is 1. The minimum Gasteiger partial charge on any atom is -0.495 e. The molecule has 0 fully saturated rings. The van der Waals surface area contributed by atoms with Gasteiger partial charge in [0.1, 0.15) is 11.6 Å². The number of rotatable bonds is 4. The summed E-state index contributed by atoms with van der Waals surface area (Å²) in [6.45, 7) is 4.46. The molecule has 0 atom stereocenters. The summed E-state index contributed by atoms with van der Waals surface area (Å²) in [4.78, 5) is 0. The highest BCUT2D eigenvalue weighted by Gasteiger charge is 2.09. The number of aryl methyl sites for hydroxylation is 2. The van der Waals surface area contributed by atoms with Gasteiger partial charge in [0.2, 0.25) is 0 Å². The maximum atomic E-state index is 6.08. The van der Waals surface area contributed by atoms with Crippen LogP contribution in [0.1, 0.15) is 17.2 Å². The zero-order valence-corrected chi connectivity index (χ0v) is 12.2. The summed E-state index contributed by atoms with van der Waals surface area (Å²) in [5, 5.41) is 12.1. The molecule has 0 saturated carbocycles. The summed E-state index contributed by atoms with van der Waals surface area (Å²) in [7, 11) is 3.56. The van der Waals surface area contributed by atoms with Crippen LogP contribution in [0, 0.1) is 13.8 Å². The van der Waals surface area contributed by atoms with Crippen LogP contribution in [0.2, 0.25) is 5.02 Å². The predicted octanol–water partition coefficient (Wildman–Crippen LogP) is 2.71. The molecule has 1 N–H and O–H groups in total. The average molecular weight is 281 g/mol. The van der Waals surface area contributed by atoms with Gasteiger partial charge in [-0.15, -0.1) is 10.2 Å². The molecular formula is C13H17ClN4O. The third-order valence-electron chi connectivity index (χ3n) is 3.10. The molecule has 0 aliphatic heterocycles. The van der Waals surface area contributed by atoms with Crippen molar-refractivity contribution in [3.63, 3.8) is 0 Å². The molecule has 0 aliphatic rings. The molecule has 2 aromatic rings. The first-order valence-electron chi connectivity index (χ1n) is 5.95. The number of hydrogen-bond acceptors (Lipinski definition) is 4. The number of nitrogens with zero attached hydrogens (tertiary/aromatic N) is 3. The maximum Gasteiger partial charge on any atom is 0.152 e. The minimum atomic E-state index is 0.578. The van der Waals surface area contributed by atoms with Gasteiger partial charge < -0.3 is 14.6 Å². The lowest BCUT2D eigenvalue weighted by atomic mass is 10.2. The quantitative estimate of drug-likeness (QED) is 0.936. The SMILES string of the molecule is COc1cc(Cl)c(C)cc1NCc1nnc(C)n1C. The van der Waals surface area contributed by atoms with Gasteiger partial charge in [-0.25, -0.2) is 0 Å². The maximum absolute atomic E-state index is 6.08. The number of methoxy groups -OCH3 is 1. The van der Waals surface area contributed by atoms with Crippen LogP contribution in [0.4, 0.5) is 5.69 Å². The first-order chi connectivity index (χ1) is 9.02. The van der Waals surface area contributed by atoms with E-state index in [-0.39, 0.29) is 0 Å². The number of nitrogens with one attached hydrogen (secondary N) is 1. The Morgan fingerprint density at radius 1 is 1.32 bits per heavy atom. The fraction of sp³-hybridized carbons (Fsp3) is 0.385. The van der Waals surface area contributed by atoms with Gasteiger partial charge >= 0.3 is 0 Å². The van der Waals surface area contributed by atoms with Crippen LogP contribution >= 0.6 is 11.6 Å². The van der Waals surface area contributed by atoms with E-state index < -0.39 is 0 Å². The number of halogens is 1. The third kappa shape index (κ3) is 2.81. The van der Waals surface area contributed by atoms with Crippen LogP contribution in [-0.4, -0.2) is 21.9 Å². The van der Waals surface area contributed by atoms with E-state index in [0.717, 1.165) is 28.6 Å². The molecule has 0 bridgehead atoms. The van der Waals surface area contributed by atoms with Crippen molar-refractivity contribution in [1.29, 1.82) is 0 Å². The van der Waals surface area contributed by atoms with Gasteiger partial charge in [-0.05, 0) is 25.5 Å². The van der Waals surface area contributed by atoms with Crippen LogP contribution in [-0.2, 0) is 13.6 Å². The van der Waals surface area contributed by atoms with Crippen LogP contribution in [0.5, 0.6) is 5.75 Å². The number of ether oxygens (including phenoxy) is 1. The molecule has 102 valence electrons. The molecule has 0 amide bonds. The van der Waals surface area contributed by atoms with Crippen molar-refractivity contribution < 1.29 is 4.74 Å². The zero-order chi connectivity index (χ0) is 14.0. The van der Waals surface area contributed by atoms with E-state index in [1.807, 2.05) is 31.5 Å². The van der Waals surface area contributed by atoms with Crippen LogP contribution in [0.25, 0.3) is 0 Å². The highest BCUT2D eigenvalue weighted by molar-refractivity contribution is 6.31. The summed E-state index contributed by atoms with van der Waals surface area (Å²) >= 11 is 6.08. The summed E-state index contributed by atoms with van der Waals surface area (Å²) in [6.07, 6.45) is 0. The van der Waals surface area contributed by atoms with Gasteiger partial charge in [-0.2, -0.15) is 0 Å². The van der Waals surface area contributed by atoms with Gasteiger partial charge in [-0.1, -0.05) is 11.6 Å². The molecule has 19 heavy (non-hydrogen) atoms. The van der Waals surface area contributed by atoms with Crippen LogP contribution in [0.15, 0.2) is 12.1 Å². The lowest BCUT2D eigenvalue weighted by Crippen LogP contribution is -2.07. The zero-order valence-electron chi connectivity index (χ0n) is 11.5. The smallest absolute Gasteiger partial charge is 0.152 e. The van der Waals surface area contributed by atoms with Crippen molar-refractivity contribution >= 4 is 17.3 Å². The normalized spacial score (nSPS) is 10.6. The summed E-state index contributed by atoms with van der Waals surface area (Å²) < 4.78 is 7.26. The third-order valence-corrected chi connectivity index (χ3v) is 3.51. The van der Waals surface area contributed by atoms with E-state index in [1.165, 1.54) is 0 Å². The van der Waals surface area contributed by atoms with Gasteiger partial charge in [-0.3, -0.25) is 0 Å². The van der Waals surface area contributed by atoms with Crippen molar-refractivity contribution in [3.05, 3.63) is 34.4 Å². The Morgan fingerprint density at radius 2 is 2.05 bits per heavy atom. The standard InChI is InChI=1S/C13H17ClN4O/c1-8-5-11(12(19-4)6-10(8)14)15-7-13-17-16-9(2)18(13)3/h5-6,15H,7H2,1-4H3. The van der Waals surface area contributed by atoms with Crippen molar-refractivity contribution in [1.82, 2.24) is 14.8 Å². The number of anilines is 1. The fourth-order valence-corrected chi connectivity index (χ4v) is 1.90. The van der Waals surface area contributed by atoms with E-state index in [0.29, 0.717) is 11.6 Å². The second-order valence-corrected chi connectivity index (χ2v) is 4.78. The molecule has 0 saturated heterocycles. The monoisotopic (exact) mass is 280 g/mol. The van der Waals surface area contributed by atoms with Gasteiger partial charge in [0.15, 0.2) is 5.82 Å². The largest absolute Gasteiger partial charge is 0.495 e. The molecule has 2 rings (SSSR count). The van der Waals surface area contributed by atoms with E-state index >= 15 is 0 Å². The summed E-state index contributed by atoms with van der Waals surface area (Å²) in [5.41, 5.74) is 1.89. The second-order valence-electron chi connectivity index (χ2n) is 4.38. The Labute approximate surface area is 117 Å². The molecule has 0 spiro atoms. The molecule has 0 unspecified atom stereocenters. The van der Waals surface area contributed by atoms with Crippen LogP contribution in [0.3, 0.4) is 0 Å². The molecule has 6 heteroatoms. The van der Waals surface area contributed by atoms with Crippen molar-refractivity contribution in [2.45, 2.75) is 20.4 Å². The molecule has 0 aliphatic carbocycles. The van der Waals surface area contributed by atoms with E-state index in [4.69, 9.17) is 16.3 Å². The van der Waals surface area contributed by atoms with Gasteiger partial charge in [0.05, 0.1) is 19.3 Å². The Kier molecular flexibility index (Phi) is 3.95. The topological polar surface area (TPSA) is 52.0 Å². The molecular weight excluding hydrogens is 264 g/mol. The van der Waals surface area contributed by atoms with Crippen LogP contribution < -0.4 is 10.1 Å². The fourth-order valence-electron chi connectivity index (χ4n) is 1.75. The minimum absolute atomic E-state index is 0.578. The highest BCUT2D eigenvalue weighted by atomic mass is 35.5. The Balaban J connectivity index is 2.19. The van der Waals surface area contributed by atoms with Gasteiger partial charge in [0, 0.05) is 18.1 Å². The second kappa shape index (κ2) is 5.48.